The van der Waals surface area contributed by atoms with E-state index in [1.54, 1.807) is 50.4 Å². The number of fused-ring (bicyclic) bond motifs is 1. The summed E-state index contributed by atoms with van der Waals surface area (Å²) in [7, 11) is 4.96. The predicted octanol–water partition coefficient (Wildman–Crippen LogP) is 3.09. The minimum Gasteiger partial charge on any atom is -0.497 e. The number of nitrogens with one attached hydrogen (secondary N) is 1. The van der Waals surface area contributed by atoms with Gasteiger partial charge in [-0.3, -0.25) is 14.4 Å². The maximum absolute atomic E-state index is 13.3. The highest BCUT2D eigenvalue weighted by molar-refractivity contribution is 5.98. The van der Waals surface area contributed by atoms with Crippen LogP contribution in [0.1, 0.15) is 41.3 Å². The van der Waals surface area contributed by atoms with E-state index < -0.39 is 6.04 Å². The van der Waals surface area contributed by atoms with Crippen LogP contribution in [0.15, 0.2) is 42.5 Å². The van der Waals surface area contributed by atoms with E-state index in [0.717, 1.165) is 17.5 Å². The number of amides is 3. The Bertz CT molecular complexity index is 969. The van der Waals surface area contributed by atoms with Crippen LogP contribution in [0.2, 0.25) is 0 Å². The summed E-state index contributed by atoms with van der Waals surface area (Å²) in [6, 6.07) is 12.0. The monoisotopic (exact) mass is 423 g/mol. The summed E-state index contributed by atoms with van der Waals surface area (Å²) < 4.78 is 5.17. The molecule has 1 atom stereocenters. The third-order valence-corrected chi connectivity index (χ3v) is 5.42. The molecule has 1 N–H and O–H groups in total. The summed E-state index contributed by atoms with van der Waals surface area (Å²) in [5.41, 5.74) is 3.13. The third-order valence-electron chi connectivity index (χ3n) is 5.42. The summed E-state index contributed by atoms with van der Waals surface area (Å²) >= 11 is 0. The number of hydrogen-bond donors (Lipinski definition) is 1. The average Bonchev–Trinajstić information content (AvgIpc) is 2.77. The molecule has 0 fully saturated rings. The van der Waals surface area contributed by atoms with Crippen molar-refractivity contribution in [2.24, 2.45) is 0 Å². The lowest BCUT2D eigenvalue weighted by Gasteiger charge is -2.37. The van der Waals surface area contributed by atoms with Crippen LogP contribution in [-0.4, -0.2) is 54.8 Å². The molecule has 1 aliphatic heterocycles. The molecule has 3 amide bonds. The van der Waals surface area contributed by atoms with Crippen LogP contribution in [0.3, 0.4) is 0 Å². The number of carbonyl (C=O) groups is 3. The minimum atomic E-state index is -0.586. The molecule has 0 aromatic heterocycles. The normalized spacial score (nSPS) is 15.1. The number of nitrogens with zero attached hydrogens (tertiary/aromatic N) is 2. The van der Waals surface area contributed by atoms with E-state index in [4.69, 9.17) is 4.74 Å². The maximum Gasteiger partial charge on any atom is 0.254 e. The van der Waals surface area contributed by atoms with Crippen LogP contribution in [-0.2, 0) is 22.6 Å². The van der Waals surface area contributed by atoms with Gasteiger partial charge in [-0.05, 0) is 53.9 Å². The molecule has 0 spiro atoms. The maximum atomic E-state index is 13.3. The first kappa shape index (κ1) is 22.3. The molecule has 31 heavy (non-hydrogen) atoms. The molecular weight excluding hydrogens is 394 g/mol. The van der Waals surface area contributed by atoms with E-state index >= 15 is 0 Å². The van der Waals surface area contributed by atoms with Gasteiger partial charge < -0.3 is 19.9 Å². The van der Waals surface area contributed by atoms with Gasteiger partial charge in [-0.25, -0.2) is 0 Å². The van der Waals surface area contributed by atoms with Crippen LogP contribution in [0, 0.1) is 0 Å². The lowest BCUT2D eigenvalue weighted by molar-refractivity contribution is -0.134. The van der Waals surface area contributed by atoms with E-state index in [1.807, 2.05) is 25.1 Å². The van der Waals surface area contributed by atoms with E-state index in [-0.39, 0.29) is 17.7 Å². The van der Waals surface area contributed by atoms with Crippen LogP contribution in [0.25, 0.3) is 0 Å². The van der Waals surface area contributed by atoms with Gasteiger partial charge in [0.1, 0.15) is 11.8 Å². The molecule has 164 valence electrons. The molecule has 1 heterocycles. The van der Waals surface area contributed by atoms with Crippen LogP contribution in [0.4, 0.5) is 5.69 Å². The number of hydrogen-bond acceptors (Lipinski definition) is 4. The smallest absolute Gasteiger partial charge is 0.254 e. The van der Waals surface area contributed by atoms with Gasteiger partial charge in [0, 0.05) is 44.7 Å². The molecule has 0 saturated heterocycles. The van der Waals surface area contributed by atoms with Crippen molar-refractivity contribution in [3.63, 3.8) is 0 Å². The Morgan fingerprint density at radius 1 is 1.10 bits per heavy atom. The molecule has 0 bridgehead atoms. The molecule has 1 aliphatic rings. The van der Waals surface area contributed by atoms with Gasteiger partial charge in [0.2, 0.25) is 11.8 Å². The Morgan fingerprint density at radius 2 is 1.81 bits per heavy atom. The van der Waals surface area contributed by atoms with Gasteiger partial charge in [-0.2, -0.15) is 0 Å². The van der Waals surface area contributed by atoms with Crippen LogP contribution in [0.5, 0.6) is 5.75 Å². The number of ether oxygens (including phenoxy) is 1. The number of anilines is 1. The van der Waals surface area contributed by atoms with Gasteiger partial charge in [0.15, 0.2) is 0 Å². The second-order valence-electron chi connectivity index (χ2n) is 7.90. The molecule has 0 unspecified atom stereocenters. The first-order valence-electron chi connectivity index (χ1n) is 10.4. The Hall–Kier alpha value is -3.35. The van der Waals surface area contributed by atoms with Crippen molar-refractivity contribution in [1.29, 1.82) is 0 Å². The minimum absolute atomic E-state index is 0.0370. The van der Waals surface area contributed by atoms with E-state index in [2.05, 4.69) is 5.32 Å². The Labute approximate surface area is 183 Å². The lowest BCUT2D eigenvalue weighted by atomic mass is 9.92. The number of benzene rings is 2. The van der Waals surface area contributed by atoms with Crippen LogP contribution >= 0.6 is 0 Å². The fourth-order valence-corrected chi connectivity index (χ4v) is 3.74. The molecular formula is C24H29N3O4. The largest absolute Gasteiger partial charge is 0.497 e. The zero-order valence-electron chi connectivity index (χ0n) is 18.5. The molecule has 0 aliphatic carbocycles. The molecule has 2 aromatic carbocycles. The predicted molar refractivity (Wildman–Crippen MR) is 119 cm³/mol. The first-order chi connectivity index (χ1) is 14.8. The molecule has 0 radical (unpaired) electrons. The average molecular weight is 424 g/mol. The fourth-order valence-electron chi connectivity index (χ4n) is 3.74. The SMILES string of the molecule is CCCC(=O)Nc1ccc2c(c1)CN(C(=O)c1ccc(OC)cc1)[C@H](C(=O)N(C)C)C2. The van der Waals surface area contributed by atoms with Gasteiger partial charge in [-0.1, -0.05) is 13.0 Å². The molecule has 7 nitrogen and oxygen atoms in total. The van der Waals surface area contributed by atoms with Gasteiger partial charge in [-0.15, -0.1) is 0 Å². The highest BCUT2D eigenvalue weighted by Crippen LogP contribution is 2.29. The third kappa shape index (κ3) is 5.05. The molecule has 0 saturated carbocycles. The van der Waals surface area contributed by atoms with Crippen molar-refractivity contribution < 1.29 is 19.1 Å². The van der Waals surface area contributed by atoms with Crippen molar-refractivity contribution in [2.75, 3.05) is 26.5 Å². The quantitative estimate of drug-likeness (QED) is 0.774. The number of carbonyl (C=O) groups excluding carboxylic acids is 3. The van der Waals surface area contributed by atoms with Crippen molar-refractivity contribution in [1.82, 2.24) is 9.80 Å². The van der Waals surface area contributed by atoms with Crippen molar-refractivity contribution in [3.05, 3.63) is 59.2 Å². The zero-order valence-corrected chi connectivity index (χ0v) is 18.5. The lowest BCUT2D eigenvalue weighted by Crippen LogP contribution is -2.52. The second-order valence-corrected chi connectivity index (χ2v) is 7.90. The van der Waals surface area contributed by atoms with Crippen molar-refractivity contribution in [3.8, 4) is 5.75 Å². The Balaban J connectivity index is 1.92. The van der Waals surface area contributed by atoms with Crippen LogP contribution < -0.4 is 10.1 Å². The van der Waals surface area contributed by atoms with Crippen molar-refractivity contribution in [2.45, 2.75) is 38.8 Å². The van der Waals surface area contributed by atoms with Gasteiger partial charge in [0.25, 0.3) is 5.91 Å². The summed E-state index contributed by atoms with van der Waals surface area (Å²) in [5.74, 6) is 0.292. The first-order valence-corrected chi connectivity index (χ1v) is 10.4. The summed E-state index contributed by atoms with van der Waals surface area (Å²) in [6.07, 6.45) is 1.66. The van der Waals surface area contributed by atoms with Gasteiger partial charge >= 0.3 is 0 Å². The highest BCUT2D eigenvalue weighted by atomic mass is 16.5. The summed E-state index contributed by atoms with van der Waals surface area (Å²) in [4.78, 5) is 41.3. The molecule has 7 heteroatoms. The molecule has 3 rings (SSSR count). The van der Waals surface area contributed by atoms with E-state index in [0.29, 0.717) is 36.4 Å². The second kappa shape index (κ2) is 9.64. The fraction of sp³-hybridized carbons (Fsp3) is 0.375. The Morgan fingerprint density at radius 3 is 2.42 bits per heavy atom. The van der Waals surface area contributed by atoms with E-state index in [9.17, 15) is 14.4 Å². The zero-order chi connectivity index (χ0) is 22.5. The number of likely N-dealkylation sites (N-methyl/N-ethyl adjacent to an activating group) is 1. The number of rotatable bonds is 6. The molecule has 2 aromatic rings. The summed E-state index contributed by atoms with van der Waals surface area (Å²) in [6.45, 7) is 2.25. The Kier molecular flexibility index (Phi) is 6.95. The standard InChI is InChI=1S/C24H29N3O4/c1-5-6-22(28)25-19-10-7-17-14-21(24(30)26(2)3)27(15-18(17)13-19)23(29)16-8-11-20(31-4)12-9-16/h7-13,21H,5-6,14-15H2,1-4H3,(H,25,28)/t21-/m0/s1. The topological polar surface area (TPSA) is 79.0 Å². The number of methoxy groups -OCH3 is 1. The summed E-state index contributed by atoms with van der Waals surface area (Å²) in [5, 5.41) is 2.90. The van der Waals surface area contributed by atoms with E-state index in [1.165, 1.54) is 4.90 Å². The van der Waals surface area contributed by atoms with Crippen molar-refractivity contribution >= 4 is 23.4 Å². The highest BCUT2D eigenvalue weighted by Gasteiger charge is 2.36. The van der Waals surface area contributed by atoms with Gasteiger partial charge in [0.05, 0.1) is 7.11 Å².